The van der Waals surface area contributed by atoms with E-state index >= 15 is 0 Å². The fourth-order valence-electron chi connectivity index (χ4n) is 3.05. The third-order valence-electron chi connectivity index (χ3n) is 4.73. The summed E-state index contributed by atoms with van der Waals surface area (Å²) in [6.45, 7) is 3.84. The third-order valence-corrected chi connectivity index (χ3v) is 4.73. The normalized spacial score (nSPS) is 10.8. The highest BCUT2D eigenvalue weighted by Gasteiger charge is 2.12. The number of carbonyl (C=O) groups excluding carboxylic acids is 1. The minimum absolute atomic E-state index is 0.0990. The first kappa shape index (κ1) is 19.5. The average molecular weight is 402 g/mol. The minimum atomic E-state index is -0.251. The van der Waals surface area contributed by atoms with Gasteiger partial charge in [-0.2, -0.15) is 0 Å². The highest BCUT2D eigenvalue weighted by atomic mass is 16.5. The summed E-state index contributed by atoms with van der Waals surface area (Å²) in [6.07, 6.45) is 0. The topological polar surface area (TPSA) is 73.6 Å². The molecule has 0 aliphatic heterocycles. The first-order chi connectivity index (χ1) is 14.5. The van der Waals surface area contributed by atoms with Gasteiger partial charge in [-0.3, -0.25) is 4.79 Å². The summed E-state index contributed by atoms with van der Waals surface area (Å²) in [4.78, 5) is 16.9. The lowest BCUT2D eigenvalue weighted by molar-refractivity contribution is -0.118. The molecule has 6 nitrogen and oxygen atoms in total. The van der Waals surface area contributed by atoms with E-state index in [1.807, 2.05) is 50.2 Å². The molecule has 6 heteroatoms. The van der Waals surface area contributed by atoms with Crippen molar-refractivity contribution < 1.29 is 18.7 Å². The number of carbonyl (C=O) groups is 1. The van der Waals surface area contributed by atoms with Crippen LogP contribution in [-0.2, 0) is 4.79 Å². The number of hydrogen-bond donors (Lipinski definition) is 1. The van der Waals surface area contributed by atoms with Gasteiger partial charge in [0.15, 0.2) is 12.2 Å². The van der Waals surface area contributed by atoms with E-state index in [2.05, 4.69) is 10.3 Å². The zero-order valence-electron chi connectivity index (χ0n) is 17.1. The summed E-state index contributed by atoms with van der Waals surface area (Å²) in [5.74, 6) is 1.59. The Hall–Kier alpha value is -3.80. The maximum absolute atomic E-state index is 12.4. The Bertz CT molecular complexity index is 1200. The molecule has 152 valence electrons. The van der Waals surface area contributed by atoms with Gasteiger partial charge in [0.05, 0.1) is 7.11 Å². The molecule has 0 bridgehead atoms. The molecule has 1 aromatic heterocycles. The van der Waals surface area contributed by atoms with Crippen molar-refractivity contribution in [1.29, 1.82) is 0 Å². The number of oxazole rings is 1. The number of ether oxygens (including phenoxy) is 2. The highest BCUT2D eigenvalue weighted by molar-refractivity contribution is 5.93. The quantitative estimate of drug-likeness (QED) is 0.483. The van der Waals surface area contributed by atoms with E-state index in [9.17, 15) is 4.79 Å². The van der Waals surface area contributed by atoms with Crippen LogP contribution in [0.5, 0.6) is 11.5 Å². The number of fused-ring (bicyclic) bond motifs is 1. The molecule has 4 rings (SSSR count). The van der Waals surface area contributed by atoms with Crippen molar-refractivity contribution in [3.05, 3.63) is 71.8 Å². The highest BCUT2D eigenvalue weighted by Crippen LogP contribution is 2.28. The van der Waals surface area contributed by atoms with Crippen molar-refractivity contribution in [2.24, 2.45) is 0 Å². The third kappa shape index (κ3) is 4.27. The number of nitrogens with one attached hydrogen (secondary N) is 1. The van der Waals surface area contributed by atoms with Crippen LogP contribution in [0, 0.1) is 13.8 Å². The molecule has 30 heavy (non-hydrogen) atoms. The summed E-state index contributed by atoms with van der Waals surface area (Å²) in [7, 11) is 1.60. The number of amides is 1. The molecule has 1 amide bonds. The van der Waals surface area contributed by atoms with Crippen LogP contribution in [0.25, 0.3) is 22.6 Å². The second-order valence-electron chi connectivity index (χ2n) is 7.03. The Kier molecular flexibility index (Phi) is 5.39. The molecule has 1 N–H and O–H groups in total. The Labute approximate surface area is 174 Å². The zero-order valence-corrected chi connectivity index (χ0v) is 17.1. The summed E-state index contributed by atoms with van der Waals surface area (Å²) >= 11 is 0. The standard InChI is InChI=1S/C24H22N2O4/c1-15-4-11-20-22(12-15)30-24(26-20)17-6-5-16(2)21(13-17)25-23(27)14-29-19-9-7-18(28-3)8-10-19/h4-13H,14H2,1-3H3,(H,25,27). The molecule has 0 aliphatic rings. The molecule has 0 aliphatic carbocycles. The van der Waals surface area contributed by atoms with Crippen LogP contribution in [-0.4, -0.2) is 24.6 Å². The number of anilines is 1. The number of benzene rings is 3. The molecule has 0 atom stereocenters. The summed E-state index contributed by atoms with van der Waals surface area (Å²) < 4.78 is 16.6. The van der Waals surface area contributed by atoms with Crippen molar-refractivity contribution in [2.75, 3.05) is 19.0 Å². The van der Waals surface area contributed by atoms with Crippen LogP contribution in [0.1, 0.15) is 11.1 Å². The van der Waals surface area contributed by atoms with Gasteiger partial charge in [0, 0.05) is 11.3 Å². The molecular weight excluding hydrogens is 380 g/mol. The molecule has 1 heterocycles. The first-order valence-electron chi connectivity index (χ1n) is 9.57. The summed E-state index contributed by atoms with van der Waals surface area (Å²) in [5, 5.41) is 2.90. The monoisotopic (exact) mass is 402 g/mol. The molecule has 0 spiro atoms. The Morgan fingerprint density at radius 1 is 1.00 bits per heavy atom. The van der Waals surface area contributed by atoms with Crippen molar-refractivity contribution in [3.8, 4) is 23.0 Å². The smallest absolute Gasteiger partial charge is 0.262 e. The van der Waals surface area contributed by atoms with Crippen molar-refractivity contribution >= 4 is 22.7 Å². The predicted octanol–water partition coefficient (Wildman–Crippen LogP) is 5.14. The number of hydrogen-bond acceptors (Lipinski definition) is 5. The van der Waals surface area contributed by atoms with E-state index in [1.165, 1.54) is 0 Å². The molecule has 3 aromatic carbocycles. The van der Waals surface area contributed by atoms with Crippen molar-refractivity contribution in [2.45, 2.75) is 13.8 Å². The zero-order chi connectivity index (χ0) is 21.1. The minimum Gasteiger partial charge on any atom is -0.497 e. The van der Waals surface area contributed by atoms with Gasteiger partial charge >= 0.3 is 0 Å². The van der Waals surface area contributed by atoms with Gasteiger partial charge in [0.2, 0.25) is 5.89 Å². The number of nitrogens with zero attached hydrogens (tertiary/aromatic N) is 1. The van der Waals surface area contributed by atoms with E-state index in [4.69, 9.17) is 13.9 Å². The van der Waals surface area contributed by atoms with E-state index in [0.717, 1.165) is 33.5 Å². The first-order valence-corrected chi connectivity index (χ1v) is 9.57. The van der Waals surface area contributed by atoms with Gasteiger partial charge in [-0.15, -0.1) is 0 Å². The van der Waals surface area contributed by atoms with Crippen LogP contribution < -0.4 is 14.8 Å². The van der Waals surface area contributed by atoms with E-state index in [0.29, 0.717) is 17.3 Å². The van der Waals surface area contributed by atoms with Gasteiger partial charge in [0.1, 0.15) is 17.0 Å². The lowest BCUT2D eigenvalue weighted by Crippen LogP contribution is -2.20. The number of aryl methyl sites for hydroxylation is 2. The van der Waals surface area contributed by atoms with Crippen molar-refractivity contribution in [1.82, 2.24) is 4.98 Å². The fourth-order valence-corrected chi connectivity index (χ4v) is 3.05. The van der Waals surface area contributed by atoms with Crippen LogP contribution in [0.4, 0.5) is 5.69 Å². The van der Waals surface area contributed by atoms with E-state index in [-0.39, 0.29) is 12.5 Å². The van der Waals surface area contributed by atoms with Crippen LogP contribution in [0.2, 0.25) is 0 Å². The molecule has 0 saturated carbocycles. The second kappa shape index (κ2) is 8.29. The molecular formula is C24H22N2O4. The number of methoxy groups -OCH3 is 1. The largest absolute Gasteiger partial charge is 0.497 e. The molecule has 4 aromatic rings. The van der Waals surface area contributed by atoms with Gasteiger partial charge < -0.3 is 19.2 Å². The van der Waals surface area contributed by atoms with E-state index < -0.39 is 0 Å². The Morgan fingerprint density at radius 3 is 2.53 bits per heavy atom. The van der Waals surface area contributed by atoms with Gasteiger partial charge in [0.25, 0.3) is 5.91 Å². The maximum atomic E-state index is 12.4. The lowest BCUT2D eigenvalue weighted by Gasteiger charge is -2.11. The molecule has 0 fully saturated rings. The van der Waals surface area contributed by atoms with Crippen molar-refractivity contribution in [3.63, 3.8) is 0 Å². The summed E-state index contributed by atoms with van der Waals surface area (Å²) in [6, 6.07) is 18.7. The van der Waals surface area contributed by atoms with E-state index in [1.54, 1.807) is 31.4 Å². The molecule has 0 radical (unpaired) electrons. The summed E-state index contributed by atoms with van der Waals surface area (Å²) in [5.41, 5.74) is 5.07. The van der Waals surface area contributed by atoms with Gasteiger partial charge in [-0.05, 0) is 73.5 Å². The number of rotatable bonds is 6. The predicted molar refractivity (Wildman–Crippen MR) is 116 cm³/mol. The van der Waals surface area contributed by atoms with Crippen LogP contribution in [0.15, 0.2) is 65.1 Å². The SMILES string of the molecule is COc1ccc(OCC(=O)Nc2cc(-c3nc4ccc(C)cc4o3)ccc2C)cc1. The maximum Gasteiger partial charge on any atom is 0.262 e. The second-order valence-corrected chi connectivity index (χ2v) is 7.03. The fraction of sp³-hybridized carbons (Fsp3) is 0.167. The number of aromatic nitrogens is 1. The van der Waals surface area contributed by atoms with Crippen LogP contribution in [0.3, 0.4) is 0 Å². The van der Waals surface area contributed by atoms with Gasteiger partial charge in [-0.1, -0.05) is 12.1 Å². The average Bonchev–Trinajstić information content (AvgIpc) is 3.17. The lowest BCUT2D eigenvalue weighted by atomic mass is 10.1. The van der Waals surface area contributed by atoms with Crippen LogP contribution >= 0.6 is 0 Å². The van der Waals surface area contributed by atoms with Gasteiger partial charge in [-0.25, -0.2) is 4.98 Å². The Morgan fingerprint density at radius 2 is 1.77 bits per heavy atom. The Balaban J connectivity index is 1.47. The molecule has 0 saturated heterocycles. The molecule has 0 unspecified atom stereocenters.